The maximum atomic E-state index is 12.9. The number of carbonyl (C=O) groups is 1. The van der Waals surface area contributed by atoms with Gasteiger partial charge in [0.2, 0.25) is 5.91 Å². The number of fused-ring (bicyclic) bond motifs is 3. The molecule has 2 aromatic rings. The van der Waals surface area contributed by atoms with E-state index < -0.39 is 0 Å². The highest BCUT2D eigenvalue weighted by atomic mass is 16.5. The van der Waals surface area contributed by atoms with Crippen LogP contribution >= 0.6 is 0 Å². The summed E-state index contributed by atoms with van der Waals surface area (Å²) in [6.45, 7) is 9.03. The Bertz CT molecular complexity index is 801. The van der Waals surface area contributed by atoms with Crippen LogP contribution in [0.1, 0.15) is 31.4 Å². The van der Waals surface area contributed by atoms with E-state index in [4.69, 9.17) is 4.74 Å². The van der Waals surface area contributed by atoms with E-state index in [0.29, 0.717) is 25.0 Å². The van der Waals surface area contributed by atoms with Crippen LogP contribution in [0.4, 0.5) is 0 Å². The Labute approximate surface area is 148 Å². The number of amides is 1. The SMILES string of the molecule is Cc1ccc2c(c1)-c1c(cnn1CC(=O)N1C[C@H](C)C[C@H](C)C1)CO2. The van der Waals surface area contributed by atoms with E-state index >= 15 is 0 Å². The molecule has 0 spiro atoms. The minimum Gasteiger partial charge on any atom is -0.488 e. The summed E-state index contributed by atoms with van der Waals surface area (Å²) < 4.78 is 7.67. The molecule has 0 N–H and O–H groups in total. The van der Waals surface area contributed by atoms with Crippen molar-refractivity contribution in [3.8, 4) is 17.0 Å². The van der Waals surface area contributed by atoms with E-state index in [1.54, 1.807) is 0 Å². The molecule has 0 bridgehead atoms. The molecule has 4 rings (SSSR count). The average Bonchev–Trinajstić information content (AvgIpc) is 2.97. The predicted molar refractivity (Wildman–Crippen MR) is 96.3 cm³/mol. The maximum absolute atomic E-state index is 12.9. The average molecular weight is 339 g/mol. The van der Waals surface area contributed by atoms with Crippen molar-refractivity contribution in [3.05, 3.63) is 35.5 Å². The van der Waals surface area contributed by atoms with Crippen molar-refractivity contribution >= 4 is 5.91 Å². The summed E-state index contributed by atoms with van der Waals surface area (Å²) in [4.78, 5) is 14.9. The van der Waals surface area contributed by atoms with Crippen LogP contribution in [0.5, 0.6) is 5.75 Å². The zero-order chi connectivity index (χ0) is 17.6. The molecular weight excluding hydrogens is 314 g/mol. The first-order valence-corrected chi connectivity index (χ1v) is 9.07. The van der Waals surface area contributed by atoms with Gasteiger partial charge in [0, 0.05) is 24.2 Å². The number of aromatic nitrogens is 2. The summed E-state index contributed by atoms with van der Waals surface area (Å²) in [5.74, 6) is 2.16. The van der Waals surface area contributed by atoms with Gasteiger partial charge in [-0.15, -0.1) is 0 Å². The summed E-state index contributed by atoms with van der Waals surface area (Å²) in [6, 6.07) is 6.16. The molecule has 0 aliphatic carbocycles. The largest absolute Gasteiger partial charge is 0.488 e. The van der Waals surface area contributed by atoms with Gasteiger partial charge in [-0.05, 0) is 37.3 Å². The van der Waals surface area contributed by atoms with Gasteiger partial charge in [0.05, 0.1) is 11.9 Å². The third-order valence-corrected chi connectivity index (χ3v) is 5.20. The molecule has 1 saturated heterocycles. The monoisotopic (exact) mass is 339 g/mol. The van der Waals surface area contributed by atoms with Crippen molar-refractivity contribution in [2.75, 3.05) is 13.1 Å². The second-order valence-electron chi connectivity index (χ2n) is 7.71. The summed E-state index contributed by atoms with van der Waals surface area (Å²) in [5.41, 5.74) is 4.28. The van der Waals surface area contributed by atoms with Crippen LogP contribution in [0.25, 0.3) is 11.3 Å². The molecule has 1 amide bonds. The Kier molecular flexibility index (Phi) is 4.02. The maximum Gasteiger partial charge on any atom is 0.244 e. The first-order chi connectivity index (χ1) is 12.0. The number of piperidine rings is 1. The van der Waals surface area contributed by atoms with Crippen LogP contribution in [0.15, 0.2) is 24.4 Å². The standard InChI is InChI=1S/C20H25N3O2/c1-13-4-5-18-17(7-13)20-16(12-25-18)8-21-23(20)11-19(24)22-9-14(2)6-15(3)10-22/h4-5,7-8,14-15H,6,9-12H2,1-3H3/t14-,15+. The number of benzene rings is 1. The highest BCUT2D eigenvalue weighted by Crippen LogP contribution is 2.38. The van der Waals surface area contributed by atoms with Crippen molar-refractivity contribution in [3.63, 3.8) is 0 Å². The van der Waals surface area contributed by atoms with Crippen molar-refractivity contribution in [1.29, 1.82) is 0 Å². The van der Waals surface area contributed by atoms with Crippen LogP contribution in [0.2, 0.25) is 0 Å². The summed E-state index contributed by atoms with van der Waals surface area (Å²) in [7, 11) is 0. The first kappa shape index (κ1) is 16.2. The molecule has 1 aromatic carbocycles. The second-order valence-corrected chi connectivity index (χ2v) is 7.71. The van der Waals surface area contributed by atoms with Crippen molar-refractivity contribution in [2.45, 2.75) is 40.3 Å². The van der Waals surface area contributed by atoms with Gasteiger partial charge in [0.15, 0.2) is 0 Å². The summed E-state index contributed by atoms with van der Waals surface area (Å²) in [5, 5.41) is 4.49. The van der Waals surface area contributed by atoms with Gasteiger partial charge < -0.3 is 9.64 Å². The van der Waals surface area contributed by atoms with Gasteiger partial charge in [0.1, 0.15) is 18.9 Å². The topological polar surface area (TPSA) is 47.4 Å². The molecule has 3 heterocycles. The van der Waals surface area contributed by atoms with E-state index in [1.807, 2.05) is 27.9 Å². The van der Waals surface area contributed by atoms with Gasteiger partial charge in [-0.25, -0.2) is 0 Å². The fourth-order valence-electron chi connectivity index (χ4n) is 4.17. The van der Waals surface area contributed by atoms with Gasteiger partial charge >= 0.3 is 0 Å². The molecule has 132 valence electrons. The van der Waals surface area contributed by atoms with Crippen LogP contribution in [-0.2, 0) is 17.9 Å². The van der Waals surface area contributed by atoms with Crippen molar-refractivity contribution in [2.24, 2.45) is 11.8 Å². The lowest BCUT2D eigenvalue weighted by Crippen LogP contribution is -2.44. The molecule has 2 atom stereocenters. The lowest BCUT2D eigenvalue weighted by atomic mass is 9.92. The van der Waals surface area contributed by atoms with E-state index in [0.717, 1.165) is 35.7 Å². The smallest absolute Gasteiger partial charge is 0.244 e. The Morgan fingerprint density at radius 3 is 2.80 bits per heavy atom. The molecule has 0 radical (unpaired) electrons. The molecule has 2 aliphatic heterocycles. The number of ether oxygens (including phenoxy) is 1. The molecule has 1 aromatic heterocycles. The summed E-state index contributed by atoms with van der Waals surface area (Å²) in [6.07, 6.45) is 3.03. The third kappa shape index (κ3) is 3.03. The van der Waals surface area contributed by atoms with Gasteiger partial charge in [-0.2, -0.15) is 5.10 Å². The quantitative estimate of drug-likeness (QED) is 0.844. The van der Waals surface area contributed by atoms with Gasteiger partial charge in [-0.1, -0.05) is 25.5 Å². The fraction of sp³-hybridized carbons (Fsp3) is 0.500. The Morgan fingerprint density at radius 1 is 1.28 bits per heavy atom. The molecule has 5 nitrogen and oxygen atoms in total. The number of hydrogen-bond acceptors (Lipinski definition) is 3. The minimum atomic E-state index is 0.157. The minimum absolute atomic E-state index is 0.157. The number of likely N-dealkylation sites (tertiary alicyclic amines) is 1. The molecule has 25 heavy (non-hydrogen) atoms. The second kappa shape index (κ2) is 6.21. The van der Waals surface area contributed by atoms with E-state index in [1.165, 1.54) is 12.0 Å². The van der Waals surface area contributed by atoms with Gasteiger partial charge in [0.25, 0.3) is 0 Å². The van der Waals surface area contributed by atoms with E-state index in [9.17, 15) is 4.79 Å². The molecular formula is C20H25N3O2. The van der Waals surface area contributed by atoms with Crippen LogP contribution < -0.4 is 4.74 Å². The molecule has 0 unspecified atom stereocenters. The highest BCUT2D eigenvalue weighted by Gasteiger charge is 2.28. The zero-order valence-electron chi connectivity index (χ0n) is 15.2. The lowest BCUT2D eigenvalue weighted by Gasteiger charge is -2.35. The third-order valence-electron chi connectivity index (χ3n) is 5.20. The number of hydrogen-bond donors (Lipinski definition) is 0. The first-order valence-electron chi connectivity index (χ1n) is 9.07. The molecule has 0 saturated carbocycles. The van der Waals surface area contributed by atoms with Gasteiger partial charge in [-0.3, -0.25) is 9.48 Å². The fourth-order valence-corrected chi connectivity index (χ4v) is 4.17. The van der Waals surface area contributed by atoms with Crippen molar-refractivity contribution in [1.82, 2.24) is 14.7 Å². The molecule has 2 aliphatic rings. The predicted octanol–water partition coefficient (Wildman–Crippen LogP) is 3.26. The molecule has 5 heteroatoms. The number of rotatable bonds is 2. The van der Waals surface area contributed by atoms with Crippen molar-refractivity contribution < 1.29 is 9.53 Å². The van der Waals surface area contributed by atoms with Crippen LogP contribution in [0, 0.1) is 18.8 Å². The normalized spacial score (nSPS) is 22.1. The molecule has 1 fully saturated rings. The van der Waals surface area contributed by atoms with Crippen LogP contribution in [-0.4, -0.2) is 33.7 Å². The summed E-state index contributed by atoms with van der Waals surface area (Å²) >= 11 is 0. The Morgan fingerprint density at radius 2 is 2.04 bits per heavy atom. The zero-order valence-corrected chi connectivity index (χ0v) is 15.2. The number of carbonyl (C=O) groups excluding carboxylic acids is 1. The van der Waals surface area contributed by atoms with E-state index in [-0.39, 0.29) is 5.91 Å². The van der Waals surface area contributed by atoms with Crippen LogP contribution in [0.3, 0.4) is 0 Å². The van der Waals surface area contributed by atoms with E-state index in [2.05, 4.69) is 31.9 Å². The Hall–Kier alpha value is -2.30. The lowest BCUT2D eigenvalue weighted by molar-refractivity contribution is -0.134. The highest BCUT2D eigenvalue weighted by molar-refractivity contribution is 5.78. The Balaban J connectivity index is 1.61. The number of nitrogens with zero attached hydrogens (tertiary/aromatic N) is 3. The number of aryl methyl sites for hydroxylation is 1.